The number of nitrogens with one attached hydrogen (secondary N) is 1. The highest BCUT2D eigenvalue weighted by Crippen LogP contribution is 2.33. The number of hydrogen-bond acceptors (Lipinski definition) is 7. The van der Waals surface area contributed by atoms with E-state index in [9.17, 15) is 18.8 Å². The number of carbonyl (C=O) groups excluding carboxylic acids is 3. The molecular weight excluding hydrogens is 521 g/mol. The molecule has 0 saturated carbocycles. The van der Waals surface area contributed by atoms with Crippen molar-refractivity contribution >= 4 is 46.3 Å². The minimum absolute atomic E-state index is 0.0520. The molecule has 3 aromatic rings. The Bertz CT molecular complexity index is 1420. The molecule has 0 spiro atoms. The van der Waals surface area contributed by atoms with Gasteiger partial charge >= 0.3 is 0 Å². The molecule has 2 fully saturated rings. The van der Waals surface area contributed by atoms with Crippen LogP contribution < -0.4 is 15.0 Å². The van der Waals surface area contributed by atoms with Gasteiger partial charge in [0.05, 0.1) is 29.5 Å². The van der Waals surface area contributed by atoms with Gasteiger partial charge in [-0.25, -0.2) is 4.39 Å². The van der Waals surface area contributed by atoms with Crippen LogP contribution in [0.25, 0.3) is 6.08 Å². The summed E-state index contributed by atoms with van der Waals surface area (Å²) >= 11 is 0.775. The zero-order valence-electron chi connectivity index (χ0n) is 21.0. The summed E-state index contributed by atoms with van der Waals surface area (Å²) in [4.78, 5) is 41.7. The Hall–Kier alpha value is -4.15. The number of benzene rings is 3. The number of morpholine rings is 1. The van der Waals surface area contributed by atoms with Crippen molar-refractivity contribution in [3.63, 3.8) is 0 Å². The van der Waals surface area contributed by atoms with Crippen LogP contribution in [-0.2, 0) is 20.9 Å². The summed E-state index contributed by atoms with van der Waals surface area (Å²) < 4.78 is 25.0. The average Bonchev–Trinajstić information content (AvgIpc) is 3.20. The van der Waals surface area contributed by atoms with E-state index in [0.29, 0.717) is 48.9 Å². The van der Waals surface area contributed by atoms with Crippen LogP contribution in [0.2, 0.25) is 0 Å². The van der Waals surface area contributed by atoms with Gasteiger partial charge in [0.25, 0.3) is 11.1 Å². The van der Waals surface area contributed by atoms with Crippen LogP contribution in [0, 0.1) is 5.82 Å². The largest absolute Gasteiger partial charge is 0.489 e. The molecule has 0 unspecified atom stereocenters. The second-order valence-corrected chi connectivity index (χ2v) is 9.88. The third-order valence-corrected chi connectivity index (χ3v) is 7.12. The van der Waals surface area contributed by atoms with Crippen molar-refractivity contribution in [1.82, 2.24) is 4.90 Å². The van der Waals surface area contributed by atoms with E-state index in [1.165, 1.54) is 6.07 Å². The minimum Gasteiger partial charge on any atom is -0.489 e. The first-order valence-corrected chi connectivity index (χ1v) is 13.2. The predicted molar refractivity (Wildman–Crippen MR) is 148 cm³/mol. The third kappa shape index (κ3) is 6.47. The lowest BCUT2D eigenvalue weighted by Gasteiger charge is -2.30. The Morgan fingerprint density at radius 1 is 1.03 bits per heavy atom. The van der Waals surface area contributed by atoms with Gasteiger partial charge < -0.3 is 19.7 Å². The number of para-hydroxylation sites is 2. The van der Waals surface area contributed by atoms with Gasteiger partial charge in [0.2, 0.25) is 5.91 Å². The monoisotopic (exact) mass is 547 g/mol. The molecule has 0 bridgehead atoms. The van der Waals surface area contributed by atoms with Crippen molar-refractivity contribution in [1.29, 1.82) is 0 Å². The van der Waals surface area contributed by atoms with Gasteiger partial charge in [0, 0.05) is 18.7 Å². The standard InChI is InChI=1S/C29H26FN3O5S/c30-23-9-2-1-7-21(23)19-38-22-8-5-6-20(16-22)17-26-28(35)33(29(36)39-26)18-27(34)31-24-10-3-4-11-25(24)32-12-14-37-15-13-32/h1-11,16-17H,12-15,18-19H2,(H,31,34)/b26-17+. The number of imide groups is 1. The lowest BCUT2D eigenvalue weighted by molar-refractivity contribution is -0.127. The lowest BCUT2D eigenvalue weighted by atomic mass is 10.2. The maximum absolute atomic E-state index is 13.9. The zero-order valence-corrected chi connectivity index (χ0v) is 21.8. The maximum atomic E-state index is 13.9. The molecule has 10 heteroatoms. The van der Waals surface area contributed by atoms with Gasteiger partial charge in [-0.3, -0.25) is 19.3 Å². The predicted octanol–water partition coefficient (Wildman–Crippen LogP) is 4.92. The molecule has 5 rings (SSSR count). The second kappa shape index (κ2) is 12.1. The average molecular weight is 548 g/mol. The van der Waals surface area contributed by atoms with Crippen LogP contribution in [-0.4, -0.2) is 54.8 Å². The van der Waals surface area contributed by atoms with Crippen molar-refractivity contribution < 1.29 is 28.2 Å². The number of amides is 3. The Labute approximate surface area is 229 Å². The molecule has 3 aromatic carbocycles. The lowest BCUT2D eigenvalue weighted by Crippen LogP contribution is -2.38. The van der Waals surface area contributed by atoms with Gasteiger partial charge in [0.1, 0.15) is 24.7 Å². The number of anilines is 2. The van der Waals surface area contributed by atoms with E-state index in [4.69, 9.17) is 9.47 Å². The first kappa shape index (κ1) is 26.5. The molecule has 2 aliphatic heterocycles. The van der Waals surface area contributed by atoms with Gasteiger partial charge in [-0.1, -0.05) is 42.5 Å². The summed E-state index contributed by atoms with van der Waals surface area (Å²) in [6.07, 6.45) is 1.58. The van der Waals surface area contributed by atoms with Crippen LogP contribution in [0.1, 0.15) is 11.1 Å². The molecule has 0 aromatic heterocycles. The molecule has 200 valence electrons. The van der Waals surface area contributed by atoms with E-state index in [2.05, 4.69) is 10.2 Å². The summed E-state index contributed by atoms with van der Waals surface area (Å²) in [6.45, 7) is 2.27. The molecule has 0 aliphatic carbocycles. The quantitative estimate of drug-likeness (QED) is 0.401. The fourth-order valence-electron chi connectivity index (χ4n) is 4.25. The van der Waals surface area contributed by atoms with E-state index in [1.54, 1.807) is 54.6 Å². The molecule has 3 amide bonds. The Kier molecular flexibility index (Phi) is 8.24. The van der Waals surface area contributed by atoms with Crippen LogP contribution in [0.3, 0.4) is 0 Å². The highest BCUT2D eigenvalue weighted by molar-refractivity contribution is 8.18. The number of rotatable bonds is 8. The van der Waals surface area contributed by atoms with Crippen molar-refractivity contribution in [2.75, 3.05) is 43.1 Å². The molecule has 2 saturated heterocycles. The smallest absolute Gasteiger partial charge is 0.294 e. The van der Waals surface area contributed by atoms with E-state index in [0.717, 1.165) is 22.3 Å². The summed E-state index contributed by atoms with van der Waals surface area (Å²) in [7, 11) is 0. The van der Waals surface area contributed by atoms with Crippen molar-refractivity contribution in [2.24, 2.45) is 0 Å². The highest BCUT2D eigenvalue weighted by Gasteiger charge is 2.36. The van der Waals surface area contributed by atoms with E-state index in [1.807, 2.05) is 18.2 Å². The molecular formula is C29H26FN3O5S. The number of hydrogen-bond donors (Lipinski definition) is 1. The van der Waals surface area contributed by atoms with Gasteiger partial charge in [-0.05, 0) is 53.7 Å². The highest BCUT2D eigenvalue weighted by atomic mass is 32.2. The van der Waals surface area contributed by atoms with E-state index < -0.39 is 23.6 Å². The molecule has 39 heavy (non-hydrogen) atoms. The van der Waals surface area contributed by atoms with Gasteiger partial charge in [-0.2, -0.15) is 0 Å². The van der Waals surface area contributed by atoms with Crippen LogP contribution >= 0.6 is 11.8 Å². The number of thioether (sulfide) groups is 1. The van der Waals surface area contributed by atoms with E-state index >= 15 is 0 Å². The van der Waals surface area contributed by atoms with Gasteiger partial charge in [-0.15, -0.1) is 0 Å². The van der Waals surface area contributed by atoms with Crippen LogP contribution in [0.15, 0.2) is 77.7 Å². The number of halogens is 1. The SMILES string of the molecule is O=C(CN1C(=O)S/C(=C/c2cccc(OCc3ccccc3F)c2)C1=O)Nc1ccccc1N1CCOCC1. The summed E-state index contributed by atoms with van der Waals surface area (Å²) in [5.41, 5.74) is 2.53. The first-order valence-electron chi connectivity index (χ1n) is 12.4. The Morgan fingerprint density at radius 3 is 2.62 bits per heavy atom. The number of nitrogens with zero attached hydrogens (tertiary/aromatic N) is 2. The fourth-order valence-corrected chi connectivity index (χ4v) is 5.09. The number of carbonyl (C=O) groups is 3. The van der Waals surface area contributed by atoms with Crippen molar-refractivity contribution in [2.45, 2.75) is 6.61 Å². The Morgan fingerprint density at radius 2 is 1.79 bits per heavy atom. The molecule has 1 N–H and O–H groups in total. The van der Waals surface area contributed by atoms with E-state index in [-0.39, 0.29) is 17.3 Å². The van der Waals surface area contributed by atoms with Crippen LogP contribution in [0.4, 0.5) is 20.6 Å². The summed E-state index contributed by atoms with van der Waals surface area (Å²) in [5.74, 6) is -0.873. The minimum atomic E-state index is -0.542. The summed E-state index contributed by atoms with van der Waals surface area (Å²) in [6, 6.07) is 20.7. The number of ether oxygens (including phenoxy) is 2. The normalized spacial score (nSPS) is 16.6. The Balaban J connectivity index is 1.23. The van der Waals surface area contributed by atoms with Crippen molar-refractivity contribution in [3.8, 4) is 5.75 Å². The molecule has 0 radical (unpaired) electrons. The molecule has 2 aliphatic rings. The van der Waals surface area contributed by atoms with Gasteiger partial charge in [0.15, 0.2) is 0 Å². The molecule has 2 heterocycles. The van der Waals surface area contributed by atoms with Crippen molar-refractivity contribution in [3.05, 3.63) is 94.6 Å². The second-order valence-electron chi connectivity index (χ2n) is 8.89. The molecule has 8 nitrogen and oxygen atoms in total. The summed E-state index contributed by atoms with van der Waals surface area (Å²) in [5, 5.41) is 2.32. The third-order valence-electron chi connectivity index (χ3n) is 6.21. The zero-order chi connectivity index (χ0) is 27.2. The fraction of sp³-hybridized carbons (Fsp3) is 0.207. The molecule has 0 atom stereocenters. The topological polar surface area (TPSA) is 88.2 Å². The van der Waals surface area contributed by atoms with Crippen LogP contribution in [0.5, 0.6) is 5.75 Å². The maximum Gasteiger partial charge on any atom is 0.294 e. The first-order chi connectivity index (χ1) is 19.0.